The quantitative estimate of drug-likeness (QED) is 0.0433. The molecule has 0 aliphatic heterocycles. The van der Waals surface area contributed by atoms with E-state index >= 15 is 0 Å². The zero-order chi connectivity index (χ0) is 34.7. The molecular weight excluding hydrogens is 647 g/mol. The fourth-order valence-corrected chi connectivity index (χ4v) is 4.37. The van der Waals surface area contributed by atoms with Crippen molar-refractivity contribution in [2.45, 2.75) is 43.7 Å². The summed E-state index contributed by atoms with van der Waals surface area (Å²) in [5.74, 6) is -1.81. The molecule has 0 bridgehead atoms. The van der Waals surface area contributed by atoms with E-state index in [9.17, 15) is 36.3 Å². The maximum Gasteiger partial charge on any atom is 0.332 e. The second-order valence-electron chi connectivity index (χ2n) is 9.85. The smallest absolute Gasteiger partial charge is 0.332 e. The number of halogens is 1. The number of H-pyrrole nitrogens is 1. The highest BCUT2D eigenvalue weighted by atomic mass is 32.3. The highest BCUT2D eigenvalue weighted by Gasteiger charge is 2.22. The predicted octanol–water partition coefficient (Wildman–Crippen LogP) is 0.273. The van der Waals surface area contributed by atoms with Gasteiger partial charge in [-0.3, -0.25) is 28.7 Å². The van der Waals surface area contributed by atoms with Gasteiger partial charge in [-0.25, -0.2) is 4.79 Å². The van der Waals surface area contributed by atoms with Crippen LogP contribution in [-0.4, -0.2) is 94.5 Å². The summed E-state index contributed by atoms with van der Waals surface area (Å²) in [7, 11) is -5.02. The summed E-state index contributed by atoms with van der Waals surface area (Å²) in [6.45, 7) is 2.18. The molecule has 1 aromatic heterocycles. The van der Waals surface area contributed by atoms with Crippen molar-refractivity contribution >= 4 is 33.6 Å². The number of nitrogens with one attached hydrogen (secondary N) is 4. The van der Waals surface area contributed by atoms with Crippen molar-refractivity contribution in [1.29, 1.82) is 0 Å². The Hall–Kier alpha value is -4.62. The van der Waals surface area contributed by atoms with Crippen LogP contribution in [0.3, 0.4) is 0 Å². The van der Waals surface area contributed by atoms with Crippen LogP contribution in [0.5, 0.6) is 0 Å². The minimum Gasteiger partial charge on any atom is -0.379 e. The minimum atomic E-state index is -5.02. The van der Waals surface area contributed by atoms with Gasteiger partial charge in [0.05, 0.1) is 33.0 Å². The summed E-state index contributed by atoms with van der Waals surface area (Å²) >= 11 is 0. The van der Waals surface area contributed by atoms with Crippen molar-refractivity contribution in [3.05, 3.63) is 67.3 Å². The monoisotopic (exact) mass is 684 g/mol. The van der Waals surface area contributed by atoms with Gasteiger partial charge >= 0.3 is 15.9 Å². The van der Waals surface area contributed by atoms with Crippen LogP contribution in [-0.2, 0) is 45.4 Å². The first-order chi connectivity index (χ1) is 22.4. The Morgan fingerprint density at radius 1 is 1.06 bits per heavy atom. The van der Waals surface area contributed by atoms with Gasteiger partial charge in [-0.2, -0.15) is 8.42 Å². The molecule has 1 heterocycles. The van der Waals surface area contributed by atoms with Gasteiger partial charge in [0.15, 0.2) is 0 Å². The first-order valence-corrected chi connectivity index (χ1v) is 15.7. The van der Waals surface area contributed by atoms with Crippen molar-refractivity contribution in [3.63, 3.8) is 0 Å². The summed E-state index contributed by atoms with van der Waals surface area (Å²) in [4.78, 5) is 65.3. The van der Waals surface area contributed by atoms with Crippen LogP contribution >= 0.6 is 0 Å². The Kier molecular flexibility index (Phi) is 16.8. The SMILES string of the molecule is Cc1cn(CC(=O)NCCCC[C@H](NC(=O)COCCOCCOCCN=[N+]=[N-])C(=O)Nc2cccc(S(=O)(=O)F)c2)c(=O)[nH]c1=O. The molecule has 258 valence electrons. The number of carbonyl (C=O) groups excluding carboxylic acids is 3. The van der Waals surface area contributed by atoms with Crippen molar-refractivity contribution in [3.8, 4) is 0 Å². The van der Waals surface area contributed by atoms with Crippen molar-refractivity contribution in [1.82, 2.24) is 20.2 Å². The zero-order valence-electron chi connectivity index (χ0n) is 25.6. The van der Waals surface area contributed by atoms with Crippen LogP contribution in [0.1, 0.15) is 24.8 Å². The number of hydrogen-bond acceptors (Lipinski definition) is 11. The van der Waals surface area contributed by atoms with Crippen LogP contribution < -0.4 is 27.2 Å². The highest BCUT2D eigenvalue weighted by molar-refractivity contribution is 7.86. The predicted molar refractivity (Wildman–Crippen MR) is 165 cm³/mol. The molecule has 3 amide bonds. The summed E-state index contributed by atoms with van der Waals surface area (Å²) < 4.78 is 52.8. The molecule has 0 saturated carbocycles. The lowest BCUT2D eigenvalue weighted by molar-refractivity contribution is -0.130. The van der Waals surface area contributed by atoms with Gasteiger partial charge in [0.2, 0.25) is 17.7 Å². The molecule has 0 fully saturated rings. The number of aromatic amines is 1. The maximum absolute atomic E-state index is 13.4. The molecule has 0 unspecified atom stereocenters. The van der Waals surface area contributed by atoms with Gasteiger partial charge in [0, 0.05) is 35.4 Å². The molecule has 20 heteroatoms. The highest BCUT2D eigenvalue weighted by Crippen LogP contribution is 2.18. The Morgan fingerprint density at radius 2 is 1.77 bits per heavy atom. The molecule has 1 aromatic carbocycles. The van der Waals surface area contributed by atoms with Crippen molar-refractivity contribution < 1.29 is 40.9 Å². The average Bonchev–Trinajstić information content (AvgIpc) is 3.01. The van der Waals surface area contributed by atoms with Crippen LogP contribution in [0.25, 0.3) is 10.4 Å². The second kappa shape index (κ2) is 20.5. The van der Waals surface area contributed by atoms with E-state index in [4.69, 9.17) is 19.7 Å². The van der Waals surface area contributed by atoms with Crippen LogP contribution in [0.15, 0.2) is 50.1 Å². The van der Waals surface area contributed by atoms with Gasteiger partial charge in [-0.1, -0.05) is 11.2 Å². The molecule has 4 N–H and O–H groups in total. The Balaban J connectivity index is 1.85. The van der Waals surface area contributed by atoms with Crippen LogP contribution in [0.4, 0.5) is 9.57 Å². The summed E-state index contributed by atoms with van der Waals surface area (Å²) in [6.07, 6.45) is 2.10. The number of anilines is 1. The van der Waals surface area contributed by atoms with E-state index in [1.165, 1.54) is 25.3 Å². The lowest BCUT2D eigenvalue weighted by Crippen LogP contribution is -2.45. The van der Waals surface area contributed by atoms with E-state index in [2.05, 4.69) is 31.0 Å². The van der Waals surface area contributed by atoms with Gasteiger partial charge in [-0.05, 0) is 49.9 Å². The van der Waals surface area contributed by atoms with Gasteiger partial charge in [0.25, 0.3) is 5.56 Å². The molecule has 0 spiro atoms. The van der Waals surface area contributed by atoms with Crippen molar-refractivity contribution in [2.24, 2.45) is 5.11 Å². The normalized spacial score (nSPS) is 11.7. The summed E-state index contributed by atoms with van der Waals surface area (Å²) in [6, 6.07) is 3.45. The number of benzene rings is 1. The molecule has 18 nitrogen and oxygen atoms in total. The molecule has 2 aromatic rings. The summed E-state index contributed by atoms with van der Waals surface area (Å²) in [5.41, 5.74) is 7.17. The Morgan fingerprint density at radius 3 is 2.47 bits per heavy atom. The molecular formula is C27H37FN8O10S. The lowest BCUT2D eigenvalue weighted by atomic mass is 10.1. The third-order valence-electron chi connectivity index (χ3n) is 6.16. The third-order valence-corrected chi connectivity index (χ3v) is 6.97. The molecule has 0 radical (unpaired) electrons. The van der Waals surface area contributed by atoms with E-state index in [-0.39, 0.29) is 70.3 Å². The fraction of sp³-hybridized carbons (Fsp3) is 0.519. The number of aromatic nitrogens is 2. The average molecular weight is 685 g/mol. The minimum absolute atomic E-state index is 0.0110. The van der Waals surface area contributed by atoms with E-state index in [1.54, 1.807) is 0 Å². The second-order valence-corrected chi connectivity index (χ2v) is 11.2. The van der Waals surface area contributed by atoms with Crippen LogP contribution in [0.2, 0.25) is 0 Å². The first-order valence-electron chi connectivity index (χ1n) is 14.4. The Bertz CT molecular complexity index is 1630. The largest absolute Gasteiger partial charge is 0.379 e. The Labute approximate surface area is 268 Å². The van der Waals surface area contributed by atoms with E-state index in [0.717, 1.165) is 16.7 Å². The molecule has 0 aliphatic rings. The molecule has 1 atom stereocenters. The third kappa shape index (κ3) is 15.5. The number of carbonyl (C=O) groups is 3. The van der Waals surface area contributed by atoms with E-state index in [0.29, 0.717) is 12.8 Å². The maximum atomic E-state index is 13.4. The number of ether oxygens (including phenoxy) is 3. The number of hydrogen-bond donors (Lipinski definition) is 4. The van der Waals surface area contributed by atoms with Gasteiger partial charge < -0.3 is 30.2 Å². The van der Waals surface area contributed by atoms with Gasteiger partial charge in [-0.15, -0.1) is 3.89 Å². The van der Waals surface area contributed by atoms with Crippen molar-refractivity contribution in [2.75, 3.05) is 58.0 Å². The van der Waals surface area contributed by atoms with Crippen LogP contribution in [0, 0.1) is 6.92 Å². The number of azide groups is 1. The first kappa shape index (κ1) is 38.6. The summed E-state index contributed by atoms with van der Waals surface area (Å²) in [5, 5.41) is 11.0. The molecule has 47 heavy (non-hydrogen) atoms. The topological polar surface area (TPSA) is 253 Å². The fourth-order valence-electron chi connectivity index (χ4n) is 3.86. The lowest BCUT2D eigenvalue weighted by Gasteiger charge is -2.19. The molecule has 0 saturated heterocycles. The molecule has 2 rings (SSSR count). The number of rotatable bonds is 22. The zero-order valence-corrected chi connectivity index (χ0v) is 26.4. The number of aryl methyl sites for hydroxylation is 1. The number of unbranched alkanes of at least 4 members (excludes halogenated alkanes) is 1. The van der Waals surface area contributed by atoms with E-state index < -0.39 is 56.7 Å². The standard InChI is InChI=1S/C27H37FN8O10S/c1-19-16-36(27(41)34-25(19)39)17-23(37)30-8-3-2-7-22(26(40)32-20-5-4-6-21(15-20)47(28,42)43)33-24(38)18-46-14-13-45-12-11-44-10-9-31-35-29/h4-6,15-16,22H,2-3,7-14,17-18H2,1H3,(H,30,37)(H,32,40)(H,33,38)(H,34,39,41)/t22-/m0/s1. The van der Waals surface area contributed by atoms with E-state index in [1.807, 2.05) is 0 Å². The molecule has 0 aliphatic carbocycles. The van der Waals surface area contributed by atoms with Gasteiger partial charge in [0.1, 0.15) is 24.1 Å². The number of nitrogens with zero attached hydrogens (tertiary/aromatic N) is 4. The number of amides is 3.